The SMILES string of the molecule is CC(C)(C)OC(=O)NCCC(=O)Nc1cccc(NC(=O)C2CC2)c1. The lowest BCUT2D eigenvalue weighted by atomic mass is 10.2. The molecule has 1 aromatic rings. The van der Waals surface area contributed by atoms with E-state index in [1.54, 1.807) is 45.0 Å². The van der Waals surface area contributed by atoms with Crippen molar-refractivity contribution in [3.63, 3.8) is 0 Å². The Balaban J connectivity index is 1.74. The fraction of sp³-hybridized carbons (Fsp3) is 0.500. The third-order valence-corrected chi connectivity index (χ3v) is 3.38. The summed E-state index contributed by atoms with van der Waals surface area (Å²) in [5.41, 5.74) is 0.676. The van der Waals surface area contributed by atoms with E-state index < -0.39 is 11.7 Å². The molecule has 2 rings (SSSR count). The van der Waals surface area contributed by atoms with Gasteiger partial charge in [0.2, 0.25) is 11.8 Å². The zero-order chi connectivity index (χ0) is 18.4. The third kappa shape index (κ3) is 7.24. The number of nitrogens with one attached hydrogen (secondary N) is 3. The predicted octanol–water partition coefficient (Wildman–Crippen LogP) is 2.89. The van der Waals surface area contributed by atoms with Gasteiger partial charge in [0.1, 0.15) is 5.60 Å². The van der Waals surface area contributed by atoms with Crippen molar-refractivity contribution >= 4 is 29.3 Å². The molecule has 0 unspecified atom stereocenters. The first-order valence-electron chi connectivity index (χ1n) is 8.40. The number of anilines is 2. The van der Waals surface area contributed by atoms with Crippen molar-refractivity contribution in [3.8, 4) is 0 Å². The summed E-state index contributed by atoms with van der Waals surface area (Å²) in [6.45, 7) is 5.50. The van der Waals surface area contributed by atoms with Gasteiger partial charge in [-0.05, 0) is 51.8 Å². The van der Waals surface area contributed by atoms with E-state index in [0.717, 1.165) is 12.8 Å². The molecule has 0 bridgehead atoms. The molecule has 1 fully saturated rings. The molecule has 0 spiro atoms. The van der Waals surface area contributed by atoms with Gasteiger partial charge in [0, 0.05) is 30.3 Å². The number of alkyl carbamates (subject to hydrolysis) is 1. The van der Waals surface area contributed by atoms with Gasteiger partial charge in [-0.15, -0.1) is 0 Å². The van der Waals surface area contributed by atoms with Crippen LogP contribution in [-0.4, -0.2) is 30.1 Å². The molecule has 136 valence electrons. The van der Waals surface area contributed by atoms with E-state index in [1.807, 2.05) is 0 Å². The molecule has 1 aliphatic carbocycles. The highest BCUT2D eigenvalue weighted by Crippen LogP contribution is 2.30. The lowest BCUT2D eigenvalue weighted by molar-refractivity contribution is -0.117. The van der Waals surface area contributed by atoms with Crippen molar-refractivity contribution in [2.24, 2.45) is 5.92 Å². The molecule has 3 N–H and O–H groups in total. The number of hydrogen-bond acceptors (Lipinski definition) is 4. The molecule has 0 radical (unpaired) electrons. The summed E-state index contributed by atoms with van der Waals surface area (Å²) in [7, 11) is 0. The molecule has 0 heterocycles. The fourth-order valence-electron chi connectivity index (χ4n) is 2.08. The highest BCUT2D eigenvalue weighted by atomic mass is 16.6. The Morgan fingerprint density at radius 2 is 1.76 bits per heavy atom. The van der Waals surface area contributed by atoms with Gasteiger partial charge in [-0.2, -0.15) is 0 Å². The lowest BCUT2D eigenvalue weighted by Gasteiger charge is -2.19. The number of hydrogen-bond donors (Lipinski definition) is 3. The highest BCUT2D eigenvalue weighted by Gasteiger charge is 2.29. The first-order valence-corrected chi connectivity index (χ1v) is 8.40. The van der Waals surface area contributed by atoms with E-state index in [-0.39, 0.29) is 30.7 Å². The van der Waals surface area contributed by atoms with Crippen LogP contribution in [-0.2, 0) is 14.3 Å². The van der Waals surface area contributed by atoms with Crippen molar-refractivity contribution in [2.45, 2.75) is 45.6 Å². The molecule has 0 atom stereocenters. The number of rotatable bonds is 6. The molecule has 7 heteroatoms. The normalized spacial score (nSPS) is 13.7. The van der Waals surface area contributed by atoms with Crippen LogP contribution in [0.1, 0.15) is 40.0 Å². The number of benzene rings is 1. The Bertz CT molecular complexity index is 648. The topological polar surface area (TPSA) is 96.5 Å². The Labute approximate surface area is 147 Å². The third-order valence-electron chi connectivity index (χ3n) is 3.38. The van der Waals surface area contributed by atoms with Crippen molar-refractivity contribution < 1.29 is 19.1 Å². The second kappa shape index (κ2) is 8.00. The minimum atomic E-state index is -0.572. The van der Waals surface area contributed by atoms with Gasteiger partial charge in [-0.25, -0.2) is 4.79 Å². The van der Waals surface area contributed by atoms with Gasteiger partial charge >= 0.3 is 6.09 Å². The molecule has 7 nitrogen and oxygen atoms in total. The minimum Gasteiger partial charge on any atom is -0.444 e. The van der Waals surface area contributed by atoms with Gasteiger partial charge in [0.15, 0.2) is 0 Å². The van der Waals surface area contributed by atoms with Crippen LogP contribution < -0.4 is 16.0 Å². The fourth-order valence-corrected chi connectivity index (χ4v) is 2.08. The largest absolute Gasteiger partial charge is 0.444 e. The standard InChI is InChI=1S/C18H25N3O4/c1-18(2,3)25-17(24)19-10-9-15(22)20-13-5-4-6-14(11-13)21-16(23)12-7-8-12/h4-6,11-12H,7-10H2,1-3H3,(H,19,24)(H,20,22)(H,21,23). The number of carbonyl (C=O) groups is 3. The smallest absolute Gasteiger partial charge is 0.407 e. The molecule has 3 amide bonds. The molecule has 0 saturated heterocycles. The van der Waals surface area contributed by atoms with Gasteiger partial charge in [0.25, 0.3) is 0 Å². The number of amides is 3. The van der Waals surface area contributed by atoms with E-state index in [0.29, 0.717) is 11.4 Å². The average molecular weight is 347 g/mol. The van der Waals surface area contributed by atoms with Gasteiger partial charge in [-0.3, -0.25) is 9.59 Å². The Morgan fingerprint density at radius 1 is 1.12 bits per heavy atom. The van der Waals surface area contributed by atoms with Crippen LogP contribution in [0.15, 0.2) is 24.3 Å². The summed E-state index contributed by atoms with van der Waals surface area (Å²) >= 11 is 0. The first kappa shape index (κ1) is 18.8. The van der Waals surface area contributed by atoms with E-state index in [9.17, 15) is 14.4 Å². The van der Waals surface area contributed by atoms with Crippen LogP contribution in [0.4, 0.5) is 16.2 Å². The molecule has 25 heavy (non-hydrogen) atoms. The number of carbonyl (C=O) groups excluding carboxylic acids is 3. The summed E-state index contributed by atoms with van der Waals surface area (Å²) in [5.74, 6) is -0.0936. The van der Waals surface area contributed by atoms with Gasteiger partial charge in [0.05, 0.1) is 0 Å². The van der Waals surface area contributed by atoms with Crippen molar-refractivity contribution in [2.75, 3.05) is 17.2 Å². The van der Waals surface area contributed by atoms with E-state index >= 15 is 0 Å². The van der Waals surface area contributed by atoms with Crippen molar-refractivity contribution in [3.05, 3.63) is 24.3 Å². The highest BCUT2D eigenvalue weighted by molar-refractivity contribution is 5.96. The molecular formula is C18H25N3O4. The number of ether oxygens (including phenoxy) is 1. The van der Waals surface area contributed by atoms with Crippen LogP contribution >= 0.6 is 0 Å². The molecule has 0 aromatic heterocycles. The molecule has 1 aliphatic rings. The van der Waals surface area contributed by atoms with Gasteiger partial charge < -0.3 is 20.7 Å². The van der Waals surface area contributed by atoms with Crippen molar-refractivity contribution in [1.82, 2.24) is 5.32 Å². The summed E-state index contributed by atoms with van der Waals surface area (Å²) in [6.07, 6.45) is 1.45. The summed E-state index contributed by atoms with van der Waals surface area (Å²) in [5, 5.41) is 8.11. The molecule has 1 saturated carbocycles. The predicted molar refractivity (Wildman–Crippen MR) is 95.3 cm³/mol. The zero-order valence-electron chi connectivity index (χ0n) is 14.8. The van der Waals surface area contributed by atoms with Crippen LogP contribution in [0.2, 0.25) is 0 Å². The van der Waals surface area contributed by atoms with Gasteiger partial charge in [-0.1, -0.05) is 6.07 Å². The maximum absolute atomic E-state index is 11.9. The van der Waals surface area contributed by atoms with Crippen LogP contribution in [0.5, 0.6) is 0 Å². The Hall–Kier alpha value is -2.57. The maximum Gasteiger partial charge on any atom is 0.407 e. The van der Waals surface area contributed by atoms with E-state index in [4.69, 9.17) is 4.74 Å². The quantitative estimate of drug-likeness (QED) is 0.737. The van der Waals surface area contributed by atoms with Crippen molar-refractivity contribution in [1.29, 1.82) is 0 Å². The zero-order valence-corrected chi connectivity index (χ0v) is 14.8. The Morgan fingerprint density at radius 3 is 2.36 bits per heavy atom. The van der Waals surface area contributed by atoms with E-state index in [1.165, 1.54) is 0 Å². The summed E-state index contributed by atoms with van der Waals surface area (Å²) in [4.78, 5) is 35.2. The molecule has 1 aromatic carbocycles. The van der Waals surface area contributed by atoms with Crippen LogP contribution in [0.3, 0.4) is 0 Å². The average Bonchev–Trinajstić information content (AvgIpc) is 3.30. The molecule has 0 aliphatic heterocycles. The Kier molecular flexibility index (Phi) is 6.01. The van der Waals surface area contributed by atoms with Crippen LogP contribution in [0.25, 0.3) is 0 Å². The summed E-state index contributed by atoms with van der Waals surface area (Å²) < 4.78 is 5.09. The van der Waals surface area contributed by atoms with Crippen LogP contribution in [0, 0.1) is 5.92 Å². The lowest BCUT2D eigenvalue weighted by Crippen LogP contribution is -2.34. The monoisotopic (exact) mass is 347 g/mol. The second-order valence-corrected chi connectivity index (χ2v) is 7.07. The first-order chi connectivity index (χ1) is 11.7. The molecular weight excluding hydrogens is 322 g/mol. The second-order valence-electron chi connectivity index (χ2n) is 7.07. The van der Waals surface area contributed by atoms with E-state index in [2.05, 4.69) is 16.0 Å². The summed E-state index contributed by atoms with van der Waals surface area (Å²) in [6, 6.07) is 6.99. The minimum absolute atomic E-state index is 0.0186. The maximum atomic E-state index is 11.9.